The van der Waals surface area contributed by atoms with E-state index in [-0.39, 0.29) is 24.2 Å². The molecule has 1 aromatic heterocycles. The van der Waals surface area contributed by atoms with E-state index in [9.17, 15) is 14.0 Å². The fraction of sp³-hybridized carbons (Fsp3) is 0.474. The number of halogens is 1. The third-order valence-electron chi connectivity index (χ3n) is 5.09. The Bertz CT molecular complexity index is 871. The van der Waals surface area contributed by atoms with Crippen LogP contribution in [0.3, 0.4) is 0 Å². The highest BCUT2D eigenvalue weighted by atomic mass is 19.1. The van der Waals surface area contributed by atoms with Gasteiger partial charge < -0.3 is 14.2 Å². The molecule has 2 saturated heterocycles. The van der Waals surface area contributed by atoms with Gasteiger partial charge in [-0.2, -0.15) is 4.98 Å². The molecule has 1 atom stereocenters. The number of cyclic esters (lactones) is 1. The number of carbonyl (C=O) groups is 2. The maximum Gasteiger partial charge on any atom is 0.410 e. The zero-order valence-electron chi connectivity index (χ0n) is 15.3. The molecule has 2 aliphatic heterocycles. The van der Waals surface area contributed by atoms with Crippen LogP contribution < -0.4 is 0 Å². The molecule has 9 heteroatoms. The molecule has 4 rings (SSSR count). The molecular weight excluding hydrogens is 367 g/mol. The van der Waals surface area contributed by atoms with Gasteiger partial charge in [0, 0.05) is 19.5 Å². The Balaban J connectivity index is 1.36. The summed E-state index contributed by atoms with van der Waals surface area (Å²) in [7, 11) is 0. The van der Waals surface area contributed by atoms with Crippen LogP contribution in [0.2, 0.25) is 0 Å². The van der Waals surface area contributed by atoms with Crippen LogP contribution in [-0.4, -0.2) is 64.7 Å². The monoisotopic (exact) mass is 388 g/mol. The van der Waals surface area contributed by atoms with E-state index in [1.807, 2.05) is 0 Å². The van der Waals surface area contributed by atoms with Crippen molar-refractivity contribution < 1.29 is 23.2 Å². The minimum Gasteiger partial charge on any atom is -0.448 e. The van der Waals surface area contributed by atoms with Crippen molar-refractivity contribution in [1.82, 2.24) is 19.9 Å². The third-order valence-corrected chi connectivity index (χ3v) is 5.09. The normalized spacial score (nSPS) is 19.8. The zero-order chi connectivity index (χ0) is 19.5. The number of carbonyl (C=O) groups excluding carboxylic acids is 2. The lowest BCUT2D eigenvalue weighted by atomic mass is 9.94. The van der Waals surface area contributed by atoms with Gasteiger partial charge in [-0.05, 0) is 30.9 Å². The van der Waals surface area contributed by atoms with E-state index in [1.54, 1.807) is 23.1 Å². The molecular formula is C19H21FN4O4. The fourth-order valence-corrected chi connectivity index (χ4v) is 3.63. The van der Waals surface area contributed by atoms with Crippen molar-refractivity contribution in [3.8, 4) is 11.4 Å². The van der Waals surface area contributed by atoms with Crippen LogP contribution >= 0.6 is 0 Å². The van der Waals surface area contributed by atoms with Crippen molar-refractivity contribution in [3.63, 3.8) is 0 Å². The summed E-state index contributed by atoms with van der Waals surface area (Å²) in [6, 6.07) is 6.28. The summed E-state index contributed by atoms with van der Waals surface area (Å²) >= 11 is 0. The number of benzene rings is 1. The van der Waals surface area contributed by atoms with Gasteiger partial charge in [-0.15, -0.1) is 0 Å². The van der Waals surface area contributed by atoms with Crippen LogP contribution in [0.1, 0.15) is 18.7 Å². The maximum absolute atomic E-state index is 13.9. The molecule has 0 N–H and O–H groups in total. The smallest absolute Gasteiger partial charge is 0.410 e. The van der Waals surface area contributed by atoms with E-state index in [1.165, 1.54) is 11.0 Å². The van der Waals surface area contributed by atoms with Crippen LogP contribution in [0.15, 0.2) is 28.8 Å². The molecule has 2 fully saturated rings. The Hall–Kier alpha value is -2.97. The molecule has 148 valence electrons. The second kappa shape index (κ2) is 7.95. The van der Waals surface area contributed by atoms with Crippen LogP contribution in [0.5, 0.6) is 0 Å². The fourth-order valence-electron chi connectivity index (χ4n) is 3.63. The largest absolute Gasteiger partial charge is 0.448 e. The number of rotatable bonds is 5. The first kappa shape index (κ1) is 18.4. The maximum atomic E-state index is 13.9. The summed E-state index contributed by atoms with van der Waals surface area (Å²) in [6.45, 7) is 2.06. The van der Waals surface area contributed by atoms with Gasteiger partial charge in [-0.3, -0.25) is 9.69 Å². The Labute approximate surface area is 161 Å². The number of hydrogen-bond acceptors (Lipinski definition) is 6. The lowest BCUT2D eigenvalue weighted by Gasteiger charge is -2.33. The van der Waals surface area contributed by atoms with Gasteiger partial charge in [0.05, 0.1) is 12.1 Å². The molecule has 1 aromatic carbocycles. The number of hydrogen-bond donors (Lipinski definition) is 0. The minimum absolute atomic E-state index is 0.0452. The van der Waals surface area contributed by atoms with Crippen molar-refractivity contribution in [2.75, 3.05) is 32.8 Å². The van der Waals surface area contributed by atoms with E-state index < -0.39 is 11.9 Å². The molecule has 8 nitrogen and oxygen atoms in total. The molecule has 0 bridgehead atoms. The summed E-state index contributed by atoms with van der Waals surface area (Å²) in [5.41, 5.74) is 0.301. The lowest BCUT2D eigenvalue weighted by molar-refractivity contribution is -0.133. The van der Waals surface area contributed by atoms with Crippen molar-refractivity contribution in [1.29, 1.82) is 0 Å². The topological polar surface area (TPSA) is 88.8 Å². The number of piperidine rings is 1. The quantitative estimate of drug-likeness (QED) is 0.779. The van der Waals surface area contributed by atoms with Crippen molar-refractivity contribution >= 4 is 12.0 Å². The highest BCUT2D eigenvalue weighted by Crippen LogP contribution is 2.23. The summed E-state index contributed by atoms with van der Waals surface area (Å²) in [4.78, 5) is 31.5. The molecule has 0 unspecified atom stereocenters. The van der Waals surface area contributed by atoms with Crippen molar-refractivity contribution in [2.45, 2.75) is 19.3 Å². The zero-order valence-corrected chi connectivity index (χ0v) is 15.3. The van der Waals surface area contributed by atoms with Crippen LogP contribution in [0.25, 0.3) is 11.4 Å². The Morgan fingerprint density at radius 2 is 2.14 bits per heavy atom. The highest BCUT2D eigenvalue weighted by Gasteiger charge is 2.30. The average Bonchev–Trinajstić information content (AvgIpc) is 3.32. The molecule has 0 radical (unpaired) electrons. The van der Waals surface area contributed by atoms with Crippen LogP contribution in [0, 0.1) is 11.7 Å². The Morgan fingerprint density at radius 3 is 2.93 bits per heavy atom. The van der Waals surface area contributed by atoms with Gasteiger partial charge in [0.25, 0.3) is 0 Å². The molecule has 28 heavy (non-hydrogen) atoms. The summed E-state index contributed by atoms with van der Waals surface area (Å²) < 4.78 is 24.0. The molecule has 2 aliphatic rings. The predicted molar refractivity (Wildman–Crippen MR) is 95.6 cm³/mol. The summed E-state index contributed by atoms with van der Waals surface area (Å²) in [5.74, 6) is 0.355. The first-order valence-corrected chi connectivity index (χ1v) is 9.37. The average molecular weight is 388 g/mol. The van der Waals surface area contributed by atoms with Gasteiger partial charge in [-0.25, -0.2) is 9.18 Å². The number of amides is 2. The SMILES string of the molecule is O=C(CN1CCOC1=O)N1CCC[C@@H](Cc2nc(-c3ccccc3F)no2)C1. The van der Waals surface area contributed by atoms with Crippen molar-refractivity contribution in [3.05, 3.63) is 36.0 Å². The number of nitrogens with zero attached hydrogens (tertiary/aromatic N) is 4. The van der Waals surface area contributed by atoms with E-state index in [0.29, 0.717) is 44.1 Å². The molecule has 0 aliphatic carbocycles. The second-order valence-corrected chi connectivity index (χ2v) is 7.08. The predicted octanol–water partition coefficient (Wildman–Crippen LogP) is 2.11. The first-order valence-electron chi connectivity index (χ1n) is 9.37. The number of aromatic nitrogens is 2. The first-order chi connectivity index (χ1) is 13.6. The van der Waals surface area contributed by atoms with Gasteiger partial charge >= 0.3 is 6.09 Å². The third kappa shape index (κ3) is 3.97. The van der Waals surface area contributed by atoms with Gasteiger partial charge in [-0.1, -0.05) is 17.3 Å². The molecule has 0 saturated carbocycles. The molecule has 3 heterocycles. The van der Waals surface area contributed by atoms with Gasteiger partial charge in [0.1, 0.15) is 19.0 Å². The minimum atomic E-state index is -0.437. The van der Waals surface area contributed by atoms with Gasteiger partial charge in [0.2, 0.25) is 17.6 Å². The van der Waals surface area contributed by atoms with E-state index >= 15 is 0 Å². The highest BCUT2D eigenvalue weighted by molar-refractivity contribution is 5.83. The number of ether oxygens (including phenoxy) is 1. The lowest BCUT2D eigenvalue weighted by Crippen LogP contribution is -2.45. The van der Waals surface area contributed by atoms with Crippen molar-refractivity contribution in [2.24, 2.45) is 5.92 Å². The molecule has 0 spiro atoms. The molecule has 2 amide bonds. The summed E-state index contributed by atoms with van der Waals surface area (Å²) in [6.07, 6.45) is 1.90. The van der Waals surface area contributed by atoms with E-state index in [2.05, 4.69) is 10.1 Å². The second-order valence-electron chi connectivity index (χ2n) is 7.08. The molecule has 2 aromatic rings. The van der Waals surface area contributed by atoms with Crippen LogP contribution in [-0.2, 0) is 16.0 Å². The summed E-state index contributed by atoms with van der Waals surface area (Å²) in [5, 5.41) is 3.88. The number of likely N-dealkylation sites (tertiary alicyclic amines) is 1. The van der Waals surface area contributed by atoms with Crippen LogP contribution in [0.4, 0.5) is 9.18 Å². The standard InChI is InChI=1S/C19H21FN4O4/c20-15-6-2-1-5-14(15)18-21-16(28-22-18)10-13-4-3-7-23(11-13)17(25)12-24-8-9-27-19(24)26/h1-2,5-6,13H,3-4,7-12H2/t13-/m0/s1. The Kier molecular flexibility index (Phi) is 5.23. The van der Waals surface area contributed by atoms with Gasteiger partial charge in [0.15, 0.2) is 0 Å². The van der Waals surface area contributed by atoms with E-state index in [4.69, 9.17) is 9.26 Å². The Morgan fingerprint density at radius 1 is 1.29 bits per heavy atom. The van der Waals surface area contributed by atoms with E-state index in [0.717, 1.165) is 12.8 Å².